The summed E-state index contributed by atoms with van der Waals surface area (Å²) in [5.74, 6) is 0.632. The molecule has 0 radical (unpaired) electrons. The smallest absolute Gasteiger partial charge is 0.293 e. The topological polar surface area (TPSA) is 81.0 Å². The van der Waals surface area contributed by atoms with Crippen molar-refractivity contribution in [2.45, 2.75) is 13.5 Å². The van der Waals surface area contributed by atoms with E-state index < -0.39 is 4.92 Å². The van der Waals surface area contributed by atoms with E-state index in [1.165, 1.54) is 12.1 Å². The van der Waals surface area contributed by atoms with E-state index >= 15 is 0 Å². The SMILES string of the molecule is Cc1nccc(CNc2cc(Cl)c(Cl)cc2[N+](=O)[O-])n1. The molecule has 0 aliphatic carbocycles. The number of aryl methyl sites for hydroxylation is 1. The Morgan fingerprint density at radius 1 is 1.35 bits per heavy atom. The second-order valence-corrected chi connectivity index (χ2v) is 4.80. The molecule has 2 rings (SSSR count). The van der Waals surface area contributed by atoms with Gasteiger partial charge in [-0.1, -0.05) is 23.2 Å². The molecular weight excluding hydrogens is 303 g/mol. The quantitative estimate of drug-likeness (QED) is 0.689. The molecule has 6 nitrogen and oxygen atoms in total. The summed E-state index contributed by atoms with van der Waals surface area (Å²) < 4.78 is 0. The average Bonchev–Trinajstić information content (AvgIpc) is 2.39. The van der Waals surface area contributed by atoms with Gasteiger partial charge in [-0.15, -0.1) is 0 Å². The lowest BCUT2D eigenvalue weighted by Gasteiger charge is -2.08. The highest BCUT2D eigenvalue weighted by Crippen LogP contribution is 2.34. The highest BCUT2D eigenvalue weighted by atomic mass is 35.5. The number of halogens is 2. The molecule has 0 fully saturated rings. The van der Waals surface area contributed by atoms with E-state index in [1.54, 1.807) is 19.2 Å². The van der Waals surface area contributed by atoms with Gasteiger partial charge in [0.2, 0.25) is 0 Å². The summed E-state index contributed by atoms with van der Waals surface area (Å²) in [6.07, 6.45) is 1.63. The van der Waals surface area contributed by atoms with Crippen LogP contribution >= 0.6 is 23.2 Å². The van der Waals surface area contributed by atoms with Crippen LogP contribution < -0.4 is 5.32 Å². The maximum Gasteiger partial charge on any atom is 0.293 e. The van der Waals surface area contributed by atoms with Crippen molar-refractivity contribution in [3.8, 4) is 0 Å². The Kier molecular flexibility index (Phi) is 4.36. The van der Waals surface area contributed by atoms with Gasteiger partial charge in [0.1, 0.15) is 11.5 Å². The minimum atomic E-state index is -0.518. The van der Waals surface area contributed by atoms with Gasteiger partial charge in [-0.25, -0.2) is 9.97 Å². The molecular formula is C12H10Cl2N4O2. The standard InChI is InChI=1S/C12H10Cl2N4O2/c1-7-15-3-2-8(17-7)6-16-11-4-9(13)10(14)5-12(11)18(19)20/h2-5,16H,6H2,1H3. The maximum absolute atomic E-state index is 11.0. The normalized spacial score (nSPS) is 10.3. The summed E-state index contributed by atoms with van der Waals surface area (Å²) in [7, 11) is 0. The molecule has 1 N–H and O–H groups in total. The van der Waals surface area contributed by atoms with Crippen LogP contribution in [0.15, 0.2) is 24.4 Å². The summed E-state index contributed by atoms with van der Waals surface area (Å²) in [5.41, 5.74) is 0.878. The first kappa shape index (κ1) is 14.5. The lowest BCUT2D eigenvalue weighted by Crippen LogP contribution is -2.05. The minimum Gasteiger partial charge on any atom is -0.374 e. The molecule has 8 heteroatoms. The van der Waals surface area contributed by atoms with E-state index in [2.05, 4.69) is 15.3 Å². The van der Waals surface area contributed by atoms with Crippen LogP contribution in [0.1, 0.15) is 11.5 Å². The molecule has 0 aliphatic rings. The Hall–Kier alpha value is -1.92. The molecule has 104 valence electrons. The predicted octanol–water partition coefficient (Wildman–Crippen LogP) is 3.61. The zero-order chi connectivity index (χ0) is 14.7. The third-order valence-corrected chi connectivity index (χ3v) is 3.25. The van der Waals surface area contributed by atoms with Crippen LogP contribution in [0.25, 0.3) is 0 Å². The first-order chi connectivity index (χ1) is 9.47. The second kappa shape index (κ2) is 6.02. The predicted molar refractivity (Wildman–Crippen MR) is 77.2 cm³/mol. The first-order valence-electron chi connectivity index (χ1n) is 5.63. The molecule has 2 aromatic rings. The van der Waals surface area contributed by atoms with Gasteiger partial charge in [0.25, 0.3) is 5.69 Å². The molecule has 0 saturated carbocycles. The average molecular weight is 313 g/mol. The maximum atomic E-state index is 11.0. The Morgan fingerprint density at radius 3 is 2.70 bits per heavy atom. The number of rotatable bonds is 4. The van der Waals surface area contributed by atoms with Crippen LogP contribution in [0.2, 0.25) is 10.0 Å². The largest absolute Gasteiger partial charge is 0.374 e. The van der Waals surface area contributed by atoms with Crippen molar-refractivity contribution in [2.24, 2.45) is 0 Å². The lowest BCUT2D eigenvalue weighted by atomic mass is 10.2. The molecule has 1 aromatic carbocycles. The fourth-order valence-electron chi connectivity index (χ4n) is 1.62. The Balaban J connectivity index is 2.24. The first-order valence-corrected chi connectivity index (χ1v) is 6.39. The number of benzene rings is 1. The number of nitrogens with zero attached hydrogens (tertiary/aromatic N) is 3. The number of nitrogens with one attached hydrogen (secondary N) is 1. The molecule has 0 aliphatic heterocycles. The van der Waals surface area contributed by atoms with E-state index in [0.29, 0.717) is 18.1 Å². The van der Waals surface area contributed by atoms with Crippen molar-refractivity contribution in [1.82, 2.24) is 9.97 Å². The Bertz CT molecular complexity index is 664. The lowest BCUT2D eigenvalue weighted by molar-refractivity contribution is -0.383. The highest BCUT2D eigenvalue weighted by molar-refractivity contribution is 6.42. The van der Waals surface area contributed by atoms with E-state index in [-0.39, 0.29) is 15.7 Å². The zero-order valence-electron chi connectivity index (χ0n) is 10.4. The van der Waals surface area contributed by atoms with Crippen molar-refractivity contribution in [3.05, 3.63) is 56.1 Å². The van der Waals surface area contributed by atoms with E-state index in [4.69, 9.17) is 23.2 Å². The molecule has 0 spiro atoms. The van der Waals surface area contributed by atoms with Gasteiger partial charge in [-0.2, -0.15) is 0 Å². The van der Waals surface area contributed by atoms with Crippen LogP contribution in [-0.2, 0) is 6.54 Å². The molecule has 20 heavy (non-hydrogen) atoms. The van der Waals surface area contributed by atoms with Crippen LogP contribution in [0.4, 0.5) is 11.4 Å². The van der Waals surface area contributed by atoms with Gasteiger partial charge in [0, 0.05) is 12.3 Å². The van der Waals surface area contributed by atoms with Crippen molar-refractivity contribution in [1.29, 1.82) is 0 Å². The fourth-order valence-corrected chi connectivity index (χ4v) is 1.94. The van der Waals surface area contributed by atoms with Gasteiger partial charge in [0.15, 0.2) is 0 Å². The van der Waals surface area contributed by atoms with Crippen molar-refractivity contribution in [3.63, 3.8) is 0 Å². The molecule has 0 bridgehead atoms. The summed E-state index contributed by atoms with van der Waals surface area (Å²) in [6.45, 7) is 2.09. The molecule has 0 saturated heterocycles. The number of hydrogen-bond donors (Lipinski definition) is 1. The van der Waals surface area contributed by atoms with Gasteiger partial charge >= 0.3 is 0 Å². The number of nitro benzene ring substituents is 1. The number of nitro groups is 1. The Labute approximate surface area is 124 Å². The minimum absolute atomic E-state index is 0.134. The number of aromatic nitrogens is 2. The van der Waals surface area contributed by atoms with Crippen LogP contribution in [0, 0.1) is 17.0 Å². The van der Waals surface area contributed by atoms with Crippen molar-refractivity contribution >= 4 is 34.6 Å². The summed E-state index contributed by atoms with van der Waals surface area (Å²) >= 11 is 11.7. The molecule has 0 amide bonds. The Morgan fingerprint density at radius 2 is 2.05 bits per heavy atom. The van der Waals surface area contributed by atoms with E-state index in [1.807, 2.05) is 0 Å². The second-order valence-electron chi connectivity index (χ2n) is 3.99. The van der Waals surface area contributed by atoms with Gasteiger partial charge in [-0.3, -0.25) is 10.1 Å². The van der Waals surface area contributed by atoms with Gasteiger partial charge < -0.3 is 5.32 Å². The van der Waals surface area contributed by atoms with Crippen LogP contribution in [0.3, 0.4) is 0 Å². The van der Waals surface area contributed by atoms with E-state index in [9.17, 15) is 10.1 Å². The monoisotopic (exact) mass is 312 g/mol. The van der Waals surface area contributed by atoms with Crippen molar-refractivity contribution in [2.75, 3.05) is 5.32 Å². The summed E-state index contributed by atoms with van der Waals surface area (Å²) in [6, 6.07) is 4.37. The zero-order valence-corrected chi connectivity index (χ0v) is 11.9. The van der Waals surface area contributed by atoms with Gasteiger partial charge in [-0.05, 0) is 19.1 Å². The molecule has 0 unspecified atom stereocenters. The summed E-state index contributed by atoms with van der Waals surface area (Å²) in [5, 5.41) is 14.3. The third kappa shape index (κ3) is 3.34. The highest BCUT2D eigenvalue weighted by Gasteiger charge is 2.16. The van der Waals surface area contributed by atoms with Crippen LogP contribution in [-0.4, -0.2) is 14.9 Å². The number of anilines is 1. The third-order valence-electron chi connectivity index (χ3n) is 2.53. The molecule has 1 heterocycles. The van der Waals surface area contributed by atoms with Crippen molar-refractivity contribution < 1.29 is 4.92 Å². The molecule has 1 aromatic heterocycles. The number of hydrogen-bond acceptors (Lipinski definition) is 5. The molecule has 0 atom stereocenters. The van der Waals surface area contributed by atoms with Gasteiger partial charge in [0.05, 0.1) is 27.2 Å². The fraction of sp³-hybridized carbons (Fsp3) is 0.167. The van der Waals surface area contributed by atoms with E-state index in [0.717, 1.165) is 5.69 Å². The van der Waals surface area contributed by atoms with Crippen LogP contribution in [0.5, 0.6) is 0 Å². The summed E-state index contributed by atoms with van der Waals surface area (Å²) in [4.78, 5) is 18.7.